The van der Waals surface area contributed by atoms with Crippen molar-refractivity contribution in [2.45, 2.75) is 49.0 Å². The number of aromatic nitrogens is 1. The van der Waals surface area contributed by atoms with Crippen LogP contribution in [0, 0.1) is 11.7 Å². The number of rotatable bonds is 3. The number of nitrogens with one attached hydrogen (secondary N) is 1. The third-order valence-corrected chi connectivity index (χ3v) is 10.0. The molecule has 3 aromatic rings. The Morgan fingerprint density at radius 1 is 1.05 bits per heavy atom. The second-order valence-electron chi connectivity index (χ2n) is 11.5. The zero-order chi connectivity index (χ0) is 25.9. The summed E-state index contributed by atoms with van der Waals surface area (Å²) in [5.74, 6) is 0.0564. The van der Waals surface area contributed by atoms with Crippen LogP contribution in [0.15, 0.2) is 66.2 Å². The molecule has 4 aliphatic rings. The predicted molar refractivity (Wildman–Crippen MR) is 147 cm³/mol. The molecular formula is C32H31ClFN3O. The van der Waals surface area contributed by atoms with Gasteiger partial charge in [0.25, 0.3) is 0 Å². The van der Waals surface area contributed by atoms with Crippen molar-refractivity contribution in [1.29, 1.82) is 0 Å². The summed E-state index contributed by atoms with van der Waals surface area (Å²) in [5.41, 5.74) is 7.38. The number of likely N-dealkylation sites (tertiary alicyclic amines) is 1. The predicted octanol–water partition coefficient (Wildman–Crippen LogP) is 6.00. The number of hydrogen-bond acceptors (Lipinski definition) is 3. The van der Waals surface area contributed by atoms with Gasteiger partial charge in [-0.1, -0.05) is 65.7 Å². The fourth-order valence-electron chi connectivity index (χ4n) is 8.14. The first kappa shape index (κ1) is 24.1. The molecule has 4 atom stereocenters. The van der Waals surface area contributed by atoms with E-state index in [-0.39, 0.29) is 22.7 Å². The van der Waals surface area contributed by atoms with E-state index in [9.17, 15) is 9.18 Å². The number of amides is 1. The van der Waals surface area contributed by atoms with Crippen LogP contribution in [0.25, 0.3) is 6.08 Å². The number of fused-ring (bicyclic) bond motifs is 4. The standard InChI is InChI=1S/C32H31ClFN3O/c33-30-12-11-25-28(36-30)6-3-13-32(25)19-35-18-27(32)26-16-22-4-1-2-5-24(22)31(26)14-15-37(20-38)29(17-31)21-7-9-23(34)10-8-21/h1-2,4-5,7-12,16,20,27,29,35H,3,6,13-15,17-19H2/t27-,29?,31?,32-/m0/s1. The van der Waals surface area contributed by atoms with E-state index in [0.717, 1.165) is 62.9 Å². The minimum Gasteiger partial charge on any atom is -0.338 e. The lowest BCUT2D eigenvalue weighted by atomic mass is 9.57. The number of nitrogens with zero attached hydrogens (tertiary/aromatic N) is 2. The average Bonchev–Trinajstić information content (AvgIpc) is 3.48. The topological polar surface area (TPSA) is 45.2 Å². The van der Waals surface area contributed by atoms with Crippen LogP contribution in [0.1, 0.15) is 59.7 Å². The van der Waals surface area contributed by atoms with Crippen LogP contribution in [0.4, 0.5) is 4.39 Å². The Morgan fingerprint density at radius 2 is 1.89 bits per heavy atom. The van der Waals surface area contributed by atoms with E-state index in [1.807, 2.05) is 23.1 Å². The summed E-state index contributed by atoms with van der Waals surface area (Å²) in [6.45, 7) is 2.51. The molecule has 2 aromatic carbocycles. The molecule has 1 amide bonds. The molecule has 2 fully saturated rings. The molecule has 7 rings (SSSR count). The van der Waals surface area contributed by atoms with E-state index in [4.69, 9.17) is 16.6 Å². The van der Waals surface area contributed by atoms with Gasteiger partial charge in [-0.15, -0.1) is 0 Å². The van der Waals surface area contributed by atoms with Gasteiger partial charge < -0.3 is 10.2 Å². The maximum Gasteiger partial charge on any atom is 0.210 e. The Hall–Kier alpha value is -3.02. The summed E-state index contributed by atoms with van der Waals surface area (Å²) in [6.07, 6.45) is 8.27. The first-order valence-electron chi connectivity index (χ1n) is 13.7. The smallest absolute Gasteiger partial charge is 0.210 e. The molecule has 2 spiro atoms. The Bertz CT molecular complexity index is 1440. The van der Waals surface area contributed by atoms with Crippen LogP contribution in [0.5, 0.6) is 0 Å². The van der Waals surface area contributed by atoms with Crippen LogP contribution < -0.4 is 5.32 Å². The van der Waals surface area contributed by atoms with E-state index in [0.29, 0.717) is 17.6 Å². The van der Waals surface area contributed by atoms with E-state index in [1.54, 1.807) is 0 Å². The van der Waals surface area contributed by atoms with Crippen LogP contribution in [0.3, 0.4) is 0 Å². The molecule has 2 unspecified atom stereocenters. The summed E-state index contributed by atoms with van der Waals surface area (Å²) in [6, 6.07) is 19.5. The highest BCUT2D eigenvalue weighted by molar-refractivity contribution is 6.29. The van der Waals surface area contributed by atoms with Crippen LogP contribution in [-0.4, -0.2) is 35.9 Å². The molecule has 0 saturated carbocycles. The highest BCUT2D eigenvalue weighted by Gasteiger charge is 2.56. The lowest BCUT2D eigenvalue weighted by Crippen LogP contribution is -2.48. The number of hydrogen-bond donors (Lipinski definition) is 1. The summed E-state index contributed by atoms with van der Waals surface area (Å²) in [4.78, 5) is 18.9. The van der Waals surface area contributed by atoms with Crippen LogP contribution >= 0.6 is 11.6 Å². The van der Waals surface area contributed by atoms with Gasteiger partial charge in [0.1, 0.15) is 11.0 Å². The molecule has 1 N–H and O–H groups in total. The third-order valence-electron chi connectivity index (χ3n) is 9.81. The molecule has 2 saturated heterocycles. The lowest BCUT2D eigenvalue weighted by Gasteiger charge is -2.50. The highest BCUT2D eigenvalue weighted by Crippen LogP contribution is 2.59. The van der Waals surface area contributed by atoms with Crippen molar-refractivity contribution < 1.29 is 9.18 Å². The maximum absolute atomic E-state index is 13.8. The number of aryl methyl sites for hydroxylation is 1. The fourth-order valence-corrected chi connectivity index (χ4v) is 8.31. The number of halogens is 2. The molecule has 194 valence electrons. The second kappa shape index (κ2) is 9.03. The van der Waals surface area contributed by atoms with Crippen molar-refractivity contribution in [3.63, 3.8) is 0 Å². The minimum absolute atomic E-state index is 0.0286. The largest absolute Gasteiger partial charge is 0.338 e. The van der Waals surface area contributed by atoms with Gasteiger partial charge in [0.05, 0.1) is 6.04 Å². The molecule has 0 radical (unpaired) electrons. The molecule has 6 heteroatoms. The minimum atomic E-state index is -0.257. The van der Waals surface area contributed by atoms with Crippen LogP contribution in [0.2, 0.25) is 5.15 Å². The Kier molecular flexibility index (Phi) is 5.71. The van der Waals surface area contributed by atoms with Gasteiger partial charge in [-0.25, -0.2) is 9.37 Å². The van der Waals surface area contributed by atoms with Gasteiger partial charge >= 0.3 is 0 Å². The van der Waals surface area contributed by atoms with Gasteiger partial charge in [0.15, 0.2) is 0 Å². The van der Waals surface area contributed by atoms with Gasteiger partial charge in [0.2, 0.25) is 6.41 Å². The Morgan fingerprint density at radius 3 is 2.74 bits per heavy atom. The molecule has 3 heterocycles. The Labute approximate surface area is 227 Å². The van der Waals surface area contributed by atoms with E-state index < -0.39 is 0 Å². The van der Waals surface area contributed by atoms with Gasteiger partial charge in [-0.05, 0) is 72.6 Å². The zero-order valence-corrected chi connectivity index (χ0v) is 22.1. The summed E-state index contributed by atoms with van der Waals surface area (Å²) < 4.78 is 13.8. The quantitative estimate of drug-likeness (QED) is 0.336. The fraction of sp³-hybridized carbons (Fsp3) is 0.375. The molecule has 38 heavy (non-hydrogen) atoms. The van der Waals surface area contributed by atoms with E-state index in [2.05, 4.69) is 41.7 Å². The highest BCUT2D eigenvalue weighted by atomic mass is 35.5. The number of piperidine rings is 1. The number of pyridine rings is 1. The third kappa shape index (κ3) is 3.51. The molecule has 4 nitrogen and oxygen atoms in total. The van der Waals surface area contributed by atoms with Gasteiger partial charge in [-0.2, -0.15) is 0 Å². The summed E-state index contributed by atoms with van der Waals surface area (Å²) >= 11 is 6.33. The van der Waals surface area contributed by atoms with Crippen molar-refractivity contribution in [2.24, 2.45) is 5.92 Å². The summed E-state index contributed by atoms with van der Waals surface area (Å²) in [5, 5.41) is 4.34. The SMILES string of the molecule is O=CN1CCC2(CC1c1ccc(F)cc1)C([C@@H]1CNC[C@]13CCCc1nc(Cl)ccc13)=Cc1ccccc12. The molecule has 2 aliphatic heterocycles. The van der Waals surface area contributed by atoms with Crippen molar-refractivity contribution >= 4 is 24.1 Å². The first-order chi connectivity index (χ1) is 18.5. The van der Waals surface area contributed by atoms with Gasteiger partial charge in [0, 0.05) is 42.1 Å². The molecule has 2 aliphatic carbocycles. The van der Waals surface area contributed by atoms with Gasteiger partial charge in [-0.3, -0.25) is 4.79 Å². The van der Waals surface area contributed by atoms with Crippen LogP contribution in [-0.2, 0) is 22.0 Å². The van der Waals surface area contributed by atoms with Crippen molar-refractivity contribution in [3.05, 3.63) is 105 Å². The first-order valence-corrected chi connectivity index (χ1v) is 14.1. The zero-order valence-electron chi connectivity index (χ0n) is 21.3. The van der Waals surface area contributed by atoms with E-state index >= 15 is 0 Å². The molecule has 0 bridgehead atoms. The van der Waals surface area contributed by atoms with Crippen molar-refractivity contribution in [2.75, 3.05) is 19.6 Å². The maximum atomic E-state index is 13.8. The lowest BCUT2D eigenvalue weighted by molar-refractivity contribution is -0.122. The summed E-state index contributed by atoms with van der Waals surface area (Å²) in [7, 11) is 0. The van der Waals surface area contributed by atoms with Crippen molar-refractivity contribution in [1.82, 2.24) is 15.2 Å². The second-order valence-corrected chi connectivity index (χ2v) is 11.8. The Balaban J connectivity index is 1.36. The van der Waals surface area contributed by atoms with E-state index in [1.165, 1.54) is 34.4 Å². The normalized spacial score (nSPS) is 29.8. The number of carbonyl (C=O) groups excluding carboxylic acids is 1. The number of carbonyl (C=O) groups is 1. The molecular weight excluding hydrogens is 497 g/mol. The van der Waals surface area contributed by atoms with Crippen molar-refractivity contribution in [3.8, 4) is 0 Å². The average molecular weight is 528 g/mol. The molecule has 1 aromatic heterocycles. The monoisotopic (exact) mass is 527 g/mol. The number of benzene rings is 2.